The van der Waals surface area contributed by atoms with Crippen LogP contribution in [0.15, 0.2) is 24.5 Å². The third-order valence-electron chi connectivity index (χ3n) is 4.13. The quantitative estimate of drug-likeness (QED) is 0.908. The van der Waals surface area contributed by atoms with Crippen LogP contribution in [-0.2, 0) is 13.6 Å². The van der Waals surface area contributed by atoms with E-state index in [9.17, 15) is 0 Å². The van der Waals surface area contributed by atoms with Crippen molar-refractivity contribution in [3.8, 4) is 10.4 Å². The van der Waals surface area contributed by atoms with Gasteiger partial charge in [-0.3, -0.25) is 9.58 Å². The molecule has 122 valence electrons. The number of piperidine rings is 1. The van der Waals surface area contributed by atoms with Gasteiger partial charge >= 0.3 is 0 Å². The number of hydrogen-bond acceptors (Lipinski definition) is 4. The molecule has 3 heterocycles. The molecule has 0 saturated carbocycles. The van der Waals surface area contributed by atoms with Crippen LogP contribution in [0.25, 0.3) is 10.4 Å². The number of rotatable bonds is 5. The molecule has 1 saturated heterocycles. The van der Waals surface area contributed by atoms with Gasteiger partial charge in [-0.15, -0.1) is 23.7 Å². The van der Waals surface area contributed by atoms with Crippen molar-refractivity contribution in [3.63, 3.8) is 0 Å². The average Bonchev–Trinajstić information content (AvgIpc) is 3.09. The van der Waals surface area contributed by atoms with Crippen molar-refractivity contribution in [1.82, 2.24) is 20.0 Å². The highest BCUT2D eigenvalue weighted by Crippen LogP contribution is 2.29. The van der Waals surface area contributed by atoms with Crippen LogP contribution in [-0.4, -0.2) is 41.4 Å². The second-order valence-corrected chi connectivity index (χ2v) is 7.14. The van der Waals surface area contributed by atoms with Crippen molar-refractivity contribution in [2.24, 2.45) is 13.0 Å². The van der Waals surface area contributed by atoms with Crippen LogP contribution in [0.4, 0.5) is 0 Å². The van der Waals surface area contributed by atoms with E-state index in [1.807, 2.05) is 29.3 Å². The first-order chi connectivity index (χ1) is 10.2. The van der Waals surface area contributed by atoms with E-state index in [-0.39, 0.29) is 12.4 Å². The number of aryl methyl sites for hydroxylation is 1. The smallest absolute Gasteiger partial charge is 0.0576 e. The van der Waals surface area contributed by atoms with Gasteiger partial charge in [0.15, 0.2) is 0 Å². The molecule has 2 aromatic rings. The Bertz CT molecular complexity index is 578. The Morgan fingerprint density at radius 2 is 2.27 bits per heavy atom. The molecule has 0 amide bonds. The number of nitrogens with zero attached hydrogens (tertiary/aromatic N) is 3. The van der Waals surface area contributed by atoms with Gasteiger partial charge in [-0.2, -0.15) is 5.10 Å². The molecule has 0 bridgehead atoms. The van der Waals surface area contributed by atoms with Crippen LogP contribution in [0.1, 0.15) is 17.7 Å². The van der Waals surface area contributed by atoms with Gasteiger partial charge in [0.25, 0.3) is 0 Å². The zero-order chi connectivity index (χ0) is 14.7. The van der Waals surface area contributed by atoms with Gasteiger partial charge in [0.1, 0.15) is 0 Å². The topological polar surface area (TPSA) is 33.1 Å². The summed E-state index contributed by atoms with van der Waals surface area (Å²) in [6, 6.07) is 4.50. The Hall–Kier alpha value is -0.880. The van der Waals surface area contributed by atoms with E-state index >= 15 is 0 Å². The first kappa shape index (κ1) is 17.5. The van der Waals surface area contributed by atoms with Crippen LogP contribution in [0.5, 0.6) is 0 Å². The van der Waals surface area contributed by atoms with Gasteiger partial charge in [-0.1, -0.05) is 0 Å². The fourth-order valence-electron chi connectivity index (χ4n) is 3.14. The lowest BCUT2D eigenvalue weighted by molar-refractivity contribution is 0.168. The van der Waals surface area contributed by atoms with Crippen molar-refractivity contribution in [1.29, 1.82) is 0 Å². The van der Waals surface area contributed by atoms with E-state index in [4.69, 9.17) is 0 Å². The van der Waals surface area contributed by atoms with Gasteiger partial charge in [-0.25, -0.2) is 0 Å². The van der Waals surface area contributed by atoms with Gasteiger partial charge in [0.2, 0.25) is 0 Å². The second kappa shape index (κ2) is 8.11. The van der Waals surface area contributed by atoms with Crippen LogP contribution in [0, 0.1) is 5.92 Å². The molecule has 0 aromatic carbocycles. The molecule has 3 rings (SSSR count). The van der Waals surface area contributed by atoms with E-state index in [1.165, 1.54) is 41.2 Å². The van der Waals surface area contributed by atoms with Gasteiger partial charge in [0, 0.05) is 41.7 Å². The third-order valence-corrected chi connectivity index (χ3v) is 5.25. The summed E-state index contributed by atoms with van der Waals surface area (Å²) in [7, 11) is 4.02. The molecule has 1 N–H and O–H groups in total. The summed E-state index contributed by atoms with van der Waals surface area (Å²) in [6.07, 6.45) is 6.72. The van der Waals surface area contributed by atoms with Crippen LogP contribution in [0.2, 0.25) is 0 Å². The van der Waals surface area contributed by atoms with E-state index in [2.05, 4.69) is 40.7 Å². The average molecular weight is 341 g/mol. The molecule has 22 heavy (non-hydrogen) atoms. The highest BCUT2D eigenvalue weighted by atomic mass is 35.5. The lowest BCUT2D eigenvalue weighted by Gasteiger charge is -2.32. The van der Waals surface area contributed by atoms with Crippen LogP contribution >= 0.6 is 23.7 Å². The second-order valence-electron chi connectivity index (χ2n) is 5.97. The maximum absolute atomic E-state index is 4.25. The maximum atomic E-state index is 4.25. The molecule has 0 aliphatic carbocycles. The summed E-state index contributed by atoms with van der Waals surface area (Å²) in [6.45, 7) is 4.69. The first-order valence-electron chi connectivity index (χ1n) is 7.69. The SMILES string of the molecule is CNCC1CCCN(Cc2ccc(-c3cnn(C)c3)s2)C1.Cl. The predicted octanol–water partition coefficient (Wildman–Crippen LogP) is 3.00. The van der Waals surface area contributed by atoms with Crippen LogP contribution < -0.4 is 5.32 Å². The standard InChI is InChI=1S/C16H24N4S.ClH/c1-17-8-13-4-3-7-20(10-13)12-15-5-6-16(21-15)14-9-18-19(2)11-14;/h5-6,9,11,13,17H,3-4,7-8,10,12H2,1-2H3;1H. The molecule has 2 aromatic heterocycles. The minimum absolute atomic E-state index is 0. The zero-order valence-corrected chi connectivity index (χ0v) is 14.9. The van der Waals surface area contributed by atoms with Crippen molar-refractivity contribution in [2.75, 3.05) is 26.7 Å². The fourth-order valence-corrected chi connectivity index (χ4v) is 4.16. The largest absolute Gasteiger partial charge is 0.319 e. The molecule has 4 nitrogen and oxygen atoms in total. The van der Waals surface area contributed by atoms with E-state index in [0.29, 0.717) is 0 Å². The van der Waals surface area contributed by atoms with E-state index in [0.717, 1.165) is 19.0 Å². The molecule has 1 unspecified atom stereocenters. The Morgan fingerprint density at radius 1 is 1.41 bits per heavy atom. The molecule has 6 heteroatoms. The highest BCUT2D eigenvalue weighted by Gasteiger charge is 2.19. The minimum atomic E-state index is 0. The lowest BCUT2D eigenvalue weighted by atomic mass is 9.98. The molecule has 0 spiro atoms. The Kier molecular flexibility index (Phi) is 6.44. The van der Waals surface area contributed by atoms with Gasteiger partial charge < -0.3 is 5.32 Å². The highest BCUT2D eigenvalue weighted by molar-refractivity contribution is 7.15. The summed E-state index contributed by atoms with van der Waals surface area (Å²) in [5.41, 5.74) is 1.22. The molecule has 1 fully saturated rings. The molecular weight excluding hydrogens is 316 g/mol. The van der Waals surface area contributed by atoms with E-state index < -0.39 is 0 Å². The van der Waals surface area contributed by atoms with E-state index in [1.54, 1.807) is 0 Å². The minimum Gasteiger partial charge on any atom is -0.319 e. The maximum Gasteiger partial charge on any atom is 0.0576 e. The number of aromatic nitrogens is 2. The summed E-state index contributed by atoms with van der Waals surface area (Å²) < 4.78 is 1.86. The number of halogens is 1. The number of nitrogens with one attached hydrogen (secondary N) is 1. The lowest BCUT2D eigenvalue weighted by Crippen LogP contribution is -2.38. The third kappa shape index (κ3) is 4.32. The Morgan fingerprint density at radius 3 is 3.00 bits per heavy atom. The molecule has 1 aliphatic rings. The van der Waals surface area contributed by atoms with Crippen molar-refractivity contribution >= 4 is 23.7 Å². The predicted molar refractivity (Wildman–Crippen MR) is 95.7 cm³/mol. The summed E-state index contributed by atoms with van der Waals surface area (Å²) in [5.74, 6) is 0.807. The summed E-state index contributed by atoms with van der Waals surface area (Å²) in [5, 5.41) is 7.57. The summed E-state index contributed by atoms with van der Waals surface area (Å²) in [4.78, 5) is 5.38. The van der Waals surface area contributed by atoms with Crippen molar-refractivity contribution < 1.29 is 0 Å². The Balaban J connectivity index is 0.00000176. The molecule has 1 atom stereocenters. The van der Waals surface area contributed by atoms with Gasteiger partial charge in [-0.05, 0) is 51.0 Å². The first-order valence-corrected chi connectivity index (χ1v) is 8.51. The molecular formula is C16H25ClN4S. The monoisotopic (exact) mass is 340 g/mol. The number of thiophene rings is 1. The summed E-state index contributed by atoms with van der Waals surface area (Å²) >= 11 is 1.90. The van der Waals surface area contributed by atoms with Crippen LogP contribution in [0.3, 0.4) is 0 Å². The number of likely N-dealkylation sites (tertiary alicyclic amines) is 1. The molecule has 1 aliphatic heterocycles. The Labute approximate surface area is 142 Å². The van der Waals surface area contributed by atoms with Crippen molar-refractivity contribution in [2.45, 2.75) is 19.4 Å². The van der Waals surface area contributed by atoms with Crippen molar-refractivity contribution in [3.05, 3.63) is 29.4 Å². The van der Waals surface area contributed by atoms with Gasteiger partial charge in [0.05, 0.1) is 6.20 Å². The molecule has 0 radical (unpaired) electrons. The number of hydrogen-bond donors (Lipinski definition) is 1. The fraction of sp³-hybridized carbons (Fsp3) is 0.562. The normalized spacial score (nSPS) is 19.1. The zero-order valence-electron chi connectivity index (χ0n) is 13.3.